The first-order valence-electron chi connectivity index (χ1n) is 15.8. The first-order valence-corrected chi connectivity index (χ1v) is 15.8. The van der Waals surface area contributed by atoms with Crippen LogP contribution in [-0.4, -0.2) is 65.3 Å². The molecule has 1 fully saturated rings. The molecule has 1 aliphatic rings. The van der Waals surface area contributed by atoms with Gasteiger partial charge in [0.15, 0.2) is 0 Å². The van der Waals surface area contributed by atoms with Crippen LogP contribution in [0.4, 0.5) is 0 Å². The highest BCUT2D eigenvalue weighted by atomic mass is 16.6. The average molecular weight is 624 g/mol. The molecule has 7 heteroatoms. The number of nitrogens with zero attached hydrogens (tertiary/aromatic N) is 3. The van der Waals surface area contributed by atoms with E-state index in [0.717, 1.165) is 40.9 Å². The molecule has 0 spiro atoms. The van der Waals surface area contributed by atoms with Crippen LogP contribution in [0.2, 0.25) is 0 Å². The minimum atomic E-state index is -1.07. The molecule has 1 heterocycles. The number of benzene rings is 5. The summed E-state index contributed by atoms with van der Waals surface area (Å²) in [5, 5.41) is 12.6. The van der Waals surface area contributed by atoms with Gasteiger partial charge in [0.2, 0.25) is 6.61 Å². The predicted octanol–water partition coefficient (Wildman–Crippen LogP) is 7.39. The Kier molecular flexibility index (Phi) is 9.84. The molecule has 0 unspecified atom stereocenters. The zero-order chi connectivity index (χ0) is 32.6. The van der Waals surface area contributed by atoms with Gasteiger partial charge in [0, 0.05) is 31.7 Å². The van der Waals surface area contributed by atoms with Crippen molar-refractivity contribution in [2.75, 3.05) is 32.8 Å². The lowest BCUT2D eigenvalue weighted by molar-refractivity contribution is -0.142. The molecule has 0 aromatic heterocycles. The number of aliphatic carboxylic acids is 1. The number of hydrogen-bond acceptors (Lipinski definition) is 5. The van der Waals surface area contributed by atoms with Crippen LogP contribution < -0.4 is 0 Å². The summed E-state index contributed by atoms with van der Waals surface area (Å²) in [6.45, 7) is 4.22. The van der Waals surface area contributed by atoms with Crippen molar-refractivity contribution < 1.29 is 19.5 Å². The largest absolute Gasteiger partial charge is 0.479 e. The monoisotopic (exact) mass is 623 g/mol. The van der Waals surface area contributed by atoms with Crippen LogP contribution in [-0.2, 0) is 9.63 Å². The van der Waals surface area contributed by atoms with E-state index in [1.54, 1.807) is 6.92 Å². The van der Waals surface area contributed by atoms with Crippen LogP contribution in [0.1, 0.15) is 40.0 Å². The Morgan fingerprint density at radius 3 is 1.81 bits per heavy atom. The topological polar surface area (TPSA) is 82.4 Å². The molecular formula is C40H37N3O4. The Hall–Kier alpha value is -5.53. The van der Waals surface area contributed by atoms with E-state index < -0.39 is 12.6 Å². The number of piperazine rings is 1. The maximum Gasteiger partial charge on any atom is 0.344 e. The second kappa shape index (κ2) is 14.7. The summed E-state index contributed by atoms with van der Waals surface area (Å²) in [5.74, 6) is -1.01. The molecular weight excluding hydrogens is 586 g/mol. The van der Waals surface area contributed by atoms with Crippen LogP contribution in [0.15, 0.2) is 139 Å². The van der Waals surface area contributed by atoms with E-state index in [9.17, 15) is 9.59 Å². The number of carboxylic acids is 1. The lowest BCUT2D eigenvalue weighted by Gasteiger charge is -2.39. The second-order valence-corrected chi connectivity index (χ2v) is 11.6. The van der Waals surface area contributed by atoms with Crippen molar-refractivity contribution >= 4 is 17.6 Å². The number of amides is 1. The molecule has 0 atom stereocenters. The molecule has 5 aromatic rings. The zero-order valence-electron chi connectivity index (χ0n) is 26.3. The van der Waals surface area contributed by atoms with E-state index >= 15 is 0 Å². The van der Waals surface area contributed by atoms with Gasteiger partial charge < -0.3 is 14.8 Å². The molecule has 0 saturated carbocycles. The SMILES string of the molecule is C/C(=N\OCC(=O)O)c1ccc(-c2cccc(-c3cccc(C(=O)N4CCN(C(c5ccccc5)c5ccccc5)CC4)c3)c2)cc1. The number of carbonyl (C=O) groups excluding carboxylic acids is 1. The van der Waals surface area contributed by atoms with E-state index in [1.807, 2.05) is 71.6 Å². The molecule has 6 rings (SSSR count). The summed E-state index contributed by atoms with van der Waals surface area (Å²) in [6.07, 6.45) is 0. The fraction of sp³-hybridized carbons (Fsp3) is 0.175. The number of hydrogen-bond donors (Lipinski definition) is 1. The van der Waals surface area contributed by atoms with Gasteiger partial charge in [-0.3, -0.25) is 9.69 Å². The van der Waals surface area contributed by atoms with E-state index in [0.29, 0.717) is 24.4 Å². The van der Waals surface area contributed by atoms with E-state index in [2.05, 4.69) is 76.8 Å². The summed E-state index contributed by atoms with van der Waals surface area (Å²) >= 11 is 0. The van der Waals surface area contributed by atoms with Gasteiger partial charge in [-0.2, -0.15) is 0 Å². The molecule has 5 aromatic carbocycles. The Balaban J connectivity index is 1.14. The van der Waals surface area contributed by atoms with Crippen molar-refractivity contribution in [3.63, 3.8) is 0 Å². The van der Waals surface area contributed by atoms with Crippen LogP contribution in [0, 0.1) is 0 Å². The number of carbonyl (C=O) groups is 2. The lowest BCUT2D eigenvalue weighted by atomic mass is 9.96. The summed E-state index contributed by atoms with van der Waals surface area (Å²) in [5.41, 5.74) is 8.74. The Morgan fingerprint density at radius 1 is 0.660 bits per heavy atom. The fourth-order valence-electron chi connectivity index (χ4n) is 6.10. The molecule has 0 radical (unpaired) electrons. The van der Waals surface area contributed by atoms with Crippen molar-refractivity contribution in [3.05, 3.63) is 156 Å². The van der Waals surface area contributed by atoms with Gasteiger partial charge in [-0.1, -0.05) is 120 Å². The van der Waals surface area contributed by atoms with Gasteiger partial charge in [-0.25, -0.2) is 4.79 Å². The molecule has 1 aliphatic heterocycles. The molecule has 236 valence electrons. The number of rotatable bonds is 10. The second-order valence-electron chi connectivity index (χ2n) is 11.6. The third-order valence-corrected chi connectivity index (χ3v) is 8.53. The maximum absolute atomic E-state index is 13.7. The van der Waals surface area contributed by atoms with Crippen LogP contribution in [0.25, 0.3) is 22.3 Å². The summed E-state index contributed by atoms with van der Waals surface area (Å²) < 4.78 is 0. The van der Waals surface area contributed by atoms with Gasteiger partial charge in [0.1, 0.15) is 0 Å². The first kappa shape index (κ1) is 31.5. The maximum atomic E-state index is 13.7. The van der Waals surface area contributed by atoms with Crippen molar-refractivity contribution in [3.8, 4) is 22.3 Å². The molecule has 7 nitrogen and oxygen atoms in total. The Labute approximate surface area is 275 Å². The molecule has 1 N–H and O–H groups in total. The molecule has 1 amide bonds. The van der Waals surface area contributed by atoms with Crippen molar-refractivity contribution in [2.24, 2.45) is 5.16 Å². The summed E-state index contributed by atoms with van der Waals surface area (Å²) in [6, 6.07) is 45.4. The Bertz CT molecular complexity index is 1810. The van der Waals surface area contributed by atoms with Crippen LogP contribution in [0.3, 0.4) is 0 Å². The van der Waals surface area contributed by atoms with E-state index in [4.69, 9.17) is 9.94 Å². The van der Waals surface area contributed by atoms with Crippen LogP contribution >= 0.6 is 0 Å². The average Bonchev–Trinajstić information content (AvgIpc) is 3.13. The minimum absolute atomic E-state index is 0.0542. The molecule has 1 saturated heterocycles. The first-order chi connectivity index (χ1) is 23.0. The predicted molar refractivity (Wildman–Crippen MR) is 185 cm³/mol. The molecule has 0 bridgehead atoms. The minimum Gasteiger partial charge on any atom is -0.479 e. The quantitative estimate of drug-likeness (QED) is 0.130. The van der Waals surface area contributed by atoms with E-state index in [1.165, 1.54) is 11.1 Å². The number of carboxylic acid groups (broad SMARTS) is 1. The molecule has 47 heavy (non-hydrogen) atoms. The van der Waals surface area contributed by atoms with E-state index in [-0.39, 0.29) is 11.9 Å². The smallest absolute Gasteiger partial charge is 0.344 e. The van der Waals surface area contributed by atoms with Gasteiger partial charge in [-0.05, 0) is 64.1 Å². The van der Waals surface area contributed by atoms with Gasteiger partial charge in [0.05, 0.1) is 11.8 Å². The van der Waals surface area contributed by atoms with Crippen LogP contribution in [0.5, 0.6) is 0 Å². The summed E-state index contributed by atoms with van der Waals surface area (Å²) in [7, 11) is 0. The normalized spacial score (nSPS) is 13.8. The van der Waals surface area contributed by atoms with Gasteiger partial charge in [0.25, 0.3) is 5.91 Å². The Morgan fingerprint density at radius 2 is 1.21 bits per heavy atom. The molecule has 0 aliphatic carbocycles. The fourth-order valence-corrected chi connectivity index (χ4v) is 6.10. The van der Waals surface area contributed by atoms with Crippen molar-refractivity contribution in [2.45, 2.75) is 13.0 Å². The number of oxime groups is 1. The highest BCUT2D eigenvalue weighted by Crippen LogP contribution is 2.31. The van der Waals surface area contributed by atoms with Crippen molar-refractivity contribution in [1.29, 1.82) is 0 Å². The standard InChI is InChI=1S/C40H37N3O4/c1-29(41-47-28-38(44)45)30-18-20-31(21-19-30)34-14-8-15-35(26-34)36-16-9-17-37(27-36)40(46)43-24-22-42(23-25-43)39(32-10-4-2-5-11-32)33-12-6-3-7-13-33/h2-21,26-27,39H,22-25,28H2,1H3,(H,44,45)/b41-29+. The van der Waals surface area contributed by atoms with Crippen molar-refractivity contribution in [1.82, 2.24) is 9.80 Å². The summed E-state index contributed by atoms with van der Waals surface area (Å²) in [4.78, 5) is 33.7. The third kappa shape index (κ3) is 7.65. The highest BCUT2D eigenvalue weighted by Gasteiger charge is 2.28. The van der Waals surface area contributed by atoms with Gasteiger partial charge >= 0.3 is 5.97 Å². The third-order valence-electron chi connectivity index (χ3n) is 8.53. The highest BCUT2D eigenvalue weighted by molar-refractivity contribution is 5.99. The zero-order valence-corrected chi connectivity index (χ0v) is 26.3. The van der Waals surface area contributed by atoms with Gasteiger partial charge in [-0.15, -0.1) is 0 Å². The lowest BCUT2D eigenvalue weighted by Crippen LogP contribution is -2.49.